The van der Waals surface area contributed by atoms with Crippen molar-refractivity contribution in [2.24, 2.45) is 11.8 Å². The smallest absolute Gasteiger partial charge is 0.310 e. The Kier molecular flexibility index (Phi) is 14.8. The molecule has 0 unspecified atom stereocenters. The summed E-state index contributed by atoms with van der Waals surface area (Å²) in [5, 5.41) is 0.0903. The Labute approximate surface area is 304 Å². The van der Waals surface area contributed by atoms with Gasteiger partial charge in [-0.15, -0.1) is 0 Å². The number of carbonyl (C=O) groups excluding carboxylic acids is 2. The Hall–Kier alpha value is -2.67. The molecule has 0 aliphatic heterocycles. The third-order valence-corrected chi connectivity index (χ3v) is 19.3. The van der Waals surface area contributed by atoms with Gasteiger partial charge in [-0.25, -0.2) is 0 Å². The molecule has 0 bridgehead atoms. The zero-order valence-corrected chi connectivity index (χ0v) is 34.9. The summed E-state index contributed by atoms with van der Waals surface area (Å²) in [5.74, 6) is -1.22. The minimum absolute atomic E-state index is 0.0452. The fourth-order valence-corrected chi connectivity index (χ4v) is 7.73. The van der Waals surface area contributed by atoms with Gasteiger partial charge in [0.1, 0.15) is 24.7 Å². The van der Waals surface area contributed by atoms with Crippen LogP contribution in [-0.4, -0.2) is 68.2 Å². The van der Waals surface area contributed by atoms with E-state index in [9.17, 15) is 9.59 Å². The summed E-state index contributed by atoms with van der Waals surface area (Å²) in [7, 11) is -4.12. The van der Waals surface area contributed by atoms with E-state index in [1.807, 2.05) is 62.4 Å². The first-order valence-corrected chi connectivity index (χ1v) is 24.2. The normalized spacial score (nSPS) is 19.8. The van der Waals surface area contributed by atoms with Crippen LogP contribution < -0.4 is 8.85 Å². The molecule has 10 heteroatoms. The molecule has 1 aliphatic rings. The quantitative estimate of drug-likeness (QED) is 0.0852. The van der Waals surface area contributed by atoms with Crippen molar-refractivity contribution in [1.82, 2.24) is 0 Å². The molecular formula is C40H64O8Si2. The first-order valence-electron chi connectivity index (χ1n) is 18.4. The first kappa shape index (κ1) is 41.8. The molecule has 50 heavy (non-hydrogen) atoms. The summed E-state index contributed by atoms with van der Waals surface area (Å²) in [6, 6.07) is 15.7. The van der Waals surface area contributed by atoms with Crippen LogP contribution in [0, 0.1) is 11.8 Å². The Balaban J connectivity index is 2.00. The third-order valence-electron chi connectivity index (χ3n) is 10.6. The number of rotatable bonds is 18. The van der Waals surface area contributed by atoms with Crippen LogP contribution in [-0.2, 0) is 28.5 Å². The molecule has 0 heterocycles. The Bertz CT molecular complexity index is 1250. The molecule has 3 rings (SSSR count). The monoisotopic (exact) mass is 728 g/mol. The zero-order valence-electron chi connectivity index (χ0n) is 32.9. The summed E-state index contributed by atoms with van der Waals surface area (Å²) in [5.41, 5.74) is 1.74. The molecule has 2 aromatic rings. The molecule has 1 saturated carbocycles. The molecule has 280 valence electrons. The van der Waals surface area contributed by atoms with Gasteiger partial charge in [0.2, 0.25) is 16.6 Å². The molecule has 0 saturated heterocycles. The first-order chi connectivity index (χ1) is 23.3. The van der Waals surface area contributed by atoms with Crippen LogP contribution in [0.15, 0.2) is 48.5 Å². The van der Waals surface area contributed by atoms with Gasteiger partial charge >= 0.3 is 11.9 Å². The lowest BCUT2D eigenvalue weighted by atomic mass is 9.52. The fourth-order valence-electron chi connectivity index (χ4n) is 5.66. The topological polar surface area (TPSA) is 89.5 Å². The van der Waals surface area contributed by atoms with Crippen molar-refractivity contribution in [3.05, 3.63) is 59.7 Å². The van der Waals surface area contributed by atoms with Crippen molar-refractivity contribution < 1.29 is 37.4 Å². The molecular weight excluding hydrogens is 665 g/mol. The van der Waals surface area contributed by atoms with Crippen molar-refractivity contribution in [2.75, 3.05) is 39.6 Å². The number of hydrogen-bond donors (Lipinski definition) is 0. The lowest BCUT2D eigenvalue weighted by Gasteiger charge is -2.49. The van der Waals surface area contributed by atoms with Crippen molar-refractivity contribution in [3.8, 4) is 11.5 Å². The summed E-state index contributed by atoms with van der Waals surface area (Å²) >= 11 is 0. The van der Waals surface area contributed by atoms with E-state index in [1.165, 1.54) is 0 Å². The highest BCUT2D eigenvalue weighted by molar-refractivity contribution is 6.75. The predicted molar refractivity (Wildman–Crippen MR) is 205 cm³/mol. The van der Waals surface area contributed by atoms with Gasteiger partial charge in [-0.3, -0.25) is 9.59 Å². The predicted octanol–water partition coefficient (Wildman–Crippen LogP) is 9.51. The second-order valence-corrected chi connectivity index (χ2v) is 26.0. The van der Waals surface area contributed by atoms with E-state index >= 15 is 0 Å². The van der Waals surface area contributed by atoms with Crippen LogP contribution in [0.2, 0.25) is 36.3 Å². The number of hydrogen-bond acceptors (Lipinski definition) is 8. The van der Waals surface area contributed by atoms with Crippen molar-refractivity contribution in [1.29, 1.82) is 0 Å². The number of esters is 2. The zero-order chi connectivity index (χ0) is 37.3. The van der Waals surface area contributed by atoms with Crippen LogP contribution in [0.4, 0.5) is 0 Å². The number of benzene rings is 2. The fraction of sp³-hybridized carbons (Fsp3) is 0.650. The van der Waals surface area contributed by atoms with Crippen LogP contribution in [0.25, 0.3) is 0 Å². The molecule has 0 amide bonds. The van der Waals surface area contributed by atoms with E-state index in [0.29, 0.717) is 26.4 Å². The van der Waals surface area contributed by atoms with Crippen LogP contribution >= 0.6 is 0 Å². The Morgan fingerprint density at radius 3 is 1.14 bits per heavy atom. The molecule has 0 aromatic heterocycles. The van der Waals surface area contributed by atoms with E-state index in [4.69, 9.17) is 27.8 Å². The molecule has 2 aromatic carbocycles. The van der Waals surface area contributed by atoms with E-state index in [0.717, 1.165) is 35.5 Å². The minimum atomic E-state index is -2.06. The lowest BCUT2D eigenvalue weighted by Crippen LogP contribution is -2.52. The van der Waals surface area contributed by atoms with E-state index in [1.54, 1.807) is 0 Å². The highest BCUT2D eigenvalue weighted by atomic mass is 28.4. The second-order valence-electron chi connectivity index (χ2n) is 16.5. The highest BCUT2D eigenvalue weighted by Crippen LogP contribution is 2.59. The van der Waals surface area contributed by atoms with Gasteiger partial charge < -0.3 is 27.8 Å². The van der Waals surface area contributed by atoms with Crippen LogP contribution in [0.1, 0.15) is 91.2 Å². The molecule has 0 spiro atoms. The maximum Gasteiger partial charge on any atom is 0.310 e. The van der Waals surface area contributed by atoms with Gasteiger partial charge in [0.05, 0.1) is 25.0 Å². The SMILES string of the molecule is CCCOCCOC(=O)C1C(c2ccc(O[Si](C)(C)C(C)(C)C)cc2)C(C(=O)OCCOCCC)C1c1ccc(O[Si](C)(C)C(C)(C)C)cc1. The maximum absolute atomic E-state index is 14.0. The van der Waals surface area contributed by atoms with E-state index < -0.39 is 40.3 Å². The molecule has 0 radical (unpaired) electrons. The van der Waals surface area contributed by atoms with Crippen LogP contribution in [0.3, 0.4) is 0 Å². The molecule has 1 aliphatic carbocycles. The standard InChI is InChI=1S/C40H64O8Si2/c1-13-23-43-25-27-45-37(41)35-33(29-15-19-31(20-16-29)47-49(9,10)39(3,4)5)36(38(42)46-28-26-44-24-14-2)34(35)30-17-21-32(22-18-30)48-50(11,12)40(6,7)8/h15-22,33-36H,13-14,23-28H2,1-12H3. The van der Waals surface area contributed by atoms with Crippen LogP contribution in [0.5, 0.6) is 11.5 Å². The van der Waals surface area contributed by atoms with Crippen molar-refractivity contribution in [3.63, 3.8) is 0 Å². The number of ether oxygens (including phenoxy) is 4. The van der Waals surface area contributed by atoms with Gasteiger partial charge in [0.15, 0.2) is 0 Å². The van der Waals surface area contributed by atoms with Gasteiger partial charge in [-0.05, 0) is 84.5 Å². The largest absolute Gasteiger partial charge is 0.544 e. The van der Waals surface area contributed by atoms with Gasteiger partial charge in [0, 0.05) is 25.0 Å². The van der Waals surface area contributed by atoms with E-state index in [2.05, 4.69) is 67.7 Å². The van der Waals surface area contributed by atoms with Gasteiger partial charge in [-0.1, -0.05) is 79.7 Å². The molecule has 1 fully saturated rings. The summed E-state index contributed by atoms with van der Waals surface area (Å²) < 4.78 is 35.9. The maximum atomic E-state index is 14.0. The van der Waals surface area contributed by atoms with Crippen molar-refractivity contribution >= 4 is 28.6 Å². The summed E-state index contributed by atoms with van der Waals surface area (Å²) in [6.45, 7) is 28.3. The molecule has 0 N–H and O–H groups in total. The Morgan fingerprint density at radius 2 is 0.860 bits per heavy atom. The number of carbonyl (C=O) groups is 2. The van der Waals surface area contributed by atoms with Crippen molar-refractivity contribution in [2.45, 2.75) is 116 Å². The van der Waals surface area contributed by atoms with Gasteiger partial charge in [0.25, 0.3) is 0 Å². The summed E-state index contributed by atoms with van der Waals surface area (Å²) in [4.78, 5) is 27.9. The second kappa shape index (κ2) is 17.7. The average Bonchev–Trinajstić information content (AvgIpc) is 3.00. The minimum Gasteiger partial charge on any atom is -0.544 e. The molecule has 0 atom stereocenters. The van der Waals surface area contributed by atoms with E-state index in [-0.39, 0.29) is 35.2 Å². The third kappa shape index (κ3) is 10.7. The van der Waals surface area contributed by atoms with Gasteiger partial charge in [-0.2, -0.15) is 0 Å². The lowest BCUT2D eigenvalue weighted by molar-refractivity contribution is -0.169. The Morgan fingerprint density at radius 1 is 0.540 bits per heavy atom. The average molecular weight is 729 g/mol. The highest BCUT2D eigenvalue weighted by Gasteiger charge is 2.59. The summed E-state index contributed by atoms with van der Waals surface area (Å²) in [6.07, 6.45) is 1.77. The molecule has 8 nitrogen and oxygen atoms in total.